The molecule has 92 valence electrons. The van der Waals surface area contributed by atoms with Crippen LogP contribution in [0.25, 0.3) is 11.1 Å². The lowest BCUT2D eigenvalue weighted by molar-refractivity contribution is 0.210. The fraction of sp³-hybridized carbons (Fsp3) is 0.294. The molecule has 3 rings (SSSR count). The Morgan fingerprint density at radius 3 is 1.89 bits per heavy atom. The van der Waals surface area contributed by atoms with Gasteiger partial charge in [-0.15, -0.1) is 0 Å². The topological polar surface area (TPSA) is 20.2 Å². The molecule has 0 heterocycles. The van der Waals surface area contributed by atoms with Gasteiger partial charge < -0.3 is 5.11 Å². The van der Waals surface area contributed by atoms with Gasteiger partial charge in [-0.05, 0) is 28.2 Å². The predicted octanol–water partition coefficient (Wildman–Crippen LogP) is 3.82. The second-order valence-corrected chi connectivity index (χ2v) is 5.00. The highest BCUT2D eigenvalue weighted by Gasteiger charge is 2.32. The second kappa shape index (κ2) is 4.58. The van der Waals surface area contributed by atoms with E-state index in [0.29, 0.717) is 11.8 Å². The van der Waals surface area contributed by atoms with Crippen molar-refractivity contribution in [1.29, 1.82) is 0 Å². The summed E-state index contributed by atoms with van der Waals surface area (Å²) in [7, 11) is 0. The fourth-order valence-corrected chi connectivity index (χ4v) is 3.17. The summed E-state index contributed by atoms with van der Waals surface area (Å²) in [5.74, 6) is 0.669. The van der Waals surface area contributed by atoms with Crippen LogP contribution in [0.3, 0.4) is 0 Å². The highest BCUT2D eigenvalue weighted by Crippen LogP contribution is 2.48. The number of fused-ring (bicyclic) bond motifs is 3. The minimum absolute atomic E-state index is 0.254. The van der Waals surface area contributed by atoms with Crippen LogP contribution in [-0.4, -0.2) is 11.7 Å². The van der Waals surface area contributed by atoms with Crippen molar-refractivity contribution in [1.82, 2.24) is 0 Å². The summed E-state index contributed by atoms with van der Waals surface area (Å²) in [6.07, 6.45) is 1.00. The van der Waals surface area contributed by atoms with Crippen LogP contribution >= 0.6 is 0 Å². The maximum Gasteiger partial charge on any atom is 0.0468 e. The smallest absolute Gasteiger partial charge is 0.0468 e. The van der Waals surface area contributed by atoms with Crippen molar-refractivity contribution >= 4 is 0 Å². The van der Waals surface area contributed by atoms with E-state index in [0.717, 1.165) is 6.42 Å². The van der Waals surface area contributed by atoms with Gasteiger partial charge >= 0.3 is 0 Å². The summed E-state index contributed by atoms with van der Waals surface area (Å²) >= 11 is 0. The highest BCUT2D eigenvalue weighted by atomic mass is 16.3. The lowest BCUT2D eigenvalue weighted by atomic mass is 9.83. The molecule has 2 aromatic rings. The number of benzene rings is 2. The molecule has 0 spiro atoms. The molecule has 1 nitrogen and oxygen atoms in total. The number of hydrogen-bond donors (Lipinski definition) is 1. The largest absolute Gasteiger partial charge is 0.396 e. The van der Waals surface area contributed by atoms with Gasteiger partial charge in [0.25, 0.3) is 0 Å². The Labute approximate surface area is 108 Å². The third kappa shape index (κ3) is 1.58. The van der Waals surface area contributed by atoms with Crippen LogP contribution in [-0.2, 0) is 0 Å². The molecule has 0 amide bonds. The number of rotatable bonds is 3. The maximum absolute atomic E-state index is 9.64. The molecule has 0 radical (unpaired) electrons. The minimum Gasteiger partial charge on any atom is -0.396 e. The van der Waals surface area contributed by atoms with Crippen molar-refractivity contribution in [2.75, 3.05) is 6.61 Å². The Bertz CT molecular complexity index is 510. The van der Waals surface area contributed by atoms with Gasteiger partial charge in [0, 0.05) is 12.5 Å². The molecule has 0 aromatic heterocycles. The Hall–Kier alpha value is -1.60. The SMILES string of the molecule is CCC(CO)C1c2ccccc2-c2ccccc21. The van der Waals surface area contributed by atoms with Gasteiger partial charge in [-0.1, -0.05) is 61.9 Å². The van der Waals surface area contributed by atoms with Crippen LogP contribution in [0.2, 0.25) is 0 Å². The average molecular weight is 238 g/mol. The van der Waals surface area contributed by atoms with Gasteiger partial charge in [0.1, 0.15) is 0 Å². The van der Waals surface area contributed by atoms with E-state index in [1.54, 1.807) is 0 Å². The van der Waals surface area contributed by atoms with Crippen LogP contribution < -0.4 is 0 Å². The van der Waals surface area contributed by atoms with Gasteiger partial charge in [0.15, 0.2) is 0 Å². The zero-order valence-corrected chi connectivity index (χ0v) is 10.6. The molecule has 1 aliphatic rings. The van der Waals surface area contributed by atoms with E-state index in [2.05, 4.69) is 55.5 Å². The van der Waals surface area contributed by atoms with E-state index in [-0.39, 0.29) is 6.61 Å². The third-order valence-corrected chi connectivity index (χ3v) is 4.11. The van der Waals surface area contributed by atoms with E-state index in [9.17, 15) is 5.11 Å². The molecular weight excluding hydrogens is 220 g/mol. The summed E-state index contributed by atoms with van der Waals surface area (Å²) in [5, 5.41) is 9.64. The summed E-state index contributed by atoms with van der Waals surface area (Å²) < 4.78 is 0. The molecule has 0 saturated heterocycles. The molecule has 0 bridgehead atoms. The van der Waals surface area contributed by atoms with Crippen LogP contribution in [0.4, 0.5) is 0 Å². The zero-order chi connectivity index (χ0) is 12.5. The summed E-state index contributed by atoms with van der Waals surface area (Å²) in [4.78, 5) is 0. The fourth-order valence-electron chi connectivity index (χ4n) is 3.17. The summed E-state index contributed by atoms with van der Waals surface area (Å²) in [6, 6.07) is 17.2. The quantitative estimate of drug-likeness (QED) is 0.862. The first-order valence-electron chi connectivity index (χ1n) is 6.66. The molecule has 1 unspecified atom stereocenters. The first-order chi connectivity index (χ1) is 8.86. The van der Waals surface area contributed by atoms with Gasteiger partial charge in [0.05, 0.1) is 0 Å². The molecule has 0 saturated carbocycles. The molecule has 0 fully saturated rings. The molecule has 18 heavy (non-hydrogen) atoms. The van der Waals surface area contributed by atoms with Crippen LogP contribution in [0.5, 0.6) is 0 Å². The van der Waals surface area contributed by atoms with Crippen molar-refractivity contribution in [2.45, 2.75) is 19.3 Å². The first-order valence-corrected chi connectivity index (χ1v) is 6.66. The van der Waals surface area contributed by atoms with E-state index < -0.39 is 0 Å². The van der Waals surface area contributed by atoms with Crippen molar-refractivity contribution in [3.8, 4) is 11.1 Å². The van der Waals surface area contributed by atoms with Gasteiger partial charge in [-0.3, -0.25) is 0 Å². The van der Waals surface area contributed by atoms with Crippen molar-refractivity contribution in [2.24, 2.45) is 5.92 Å². The Morgan fingerprint density at radius 1 is 0.944 bits per heavy atom. The standard InChI is InChI=1S/C17H18O/c1-2-12(11-18)17-15-9-5-3-7-13(15)14-8-4-6-10-16(14)17/h3-10,12,17-18H,2,11H2,1H3. The molecule has 1 atom stereocenters. The van der Waals surface area contributed by atoms with Gasteiger partial charge in [-0.25, -0.2) is 0 Å². The highest BCUT2D eigenvalue weighted by molar-refractivity contribution is 5.78. The Morgan fingerprint density at radius 2 is 1.44 bits per heavy atom. The lowest BCUT2D eigenvalue weighted by Crippen LogP contribution is -2.15. The van der Waals surface area contributed by atoms with E-state index >= 15 is 0 Å². The van der Waals surface area contributed by atoms with E-state index in [4.69, 9.17) is 0 Å². The van der Waals surface area contributed by atoms with E-state index in [1.165, 1.54) is 22.3 Å². The van der Waals surface area contributed by atoms with E-state index in [1.807, 2.05) is 0 Å². The van der Waals surface area contributed by atoms with Gasteiger partial charge in [0.2, 0.25) is 0 Å². The van der Waals surface area contributed by atoms with Crippen molar-refractivity contribution in [3.63, 3.8) is 0 Å². The van der Waals surface area contributed by atoms with Crippen LogP contribution in [0.15, 0.2) is 48.5 Å². The first kappa shape index (κ1) is 11.5. The third-order valence-electron chi connectivity index (χ3n) is 4.11. The average Bonchev–Trinajstić information content (AvgIpc) is 2.76. The molecule has 1 N–H and O–H groups in total. The predicted molar refractivity (Wildman–Crippen MR) is 74.6 cm³/mol. The van der Waals surface area contributed by atoms with Crippen molar-refractivity contribution < 1.29 is 5.11 Å². The molecule has 0 aliphatic heterocycles. The van der Waals surface area contributed by atoms with Gasteiger partial charge in [-0.2, -0.15) is 0 Å². The molecular formula is C17H18O. The van der Waals surface area contributed by atoms with Crippen molar-refractivity contribution in [3.05, 3.63) is 59.7 Å². The monoisotopic (exact) mass is 238 g/mol. The maximum atomic E-state index is 9.64. The Balaban J connectivity index is 2.20. The van der Waals surface area contributed by atoms with Crippen LogP contribution in [0.1, 0.15) is 30.4 Å². The normalized spacial score (nSPS) is 15.2. The molecule has 1 heteroatoms. The minimum atomic E-state index is 0.254. The number of aliphatic hydroxyl groups excluding tert-OH is 1. The summed E-state index contributed by atoms with van der Waals surface area (Å²) in [6.45, 7) is 2.41. The molecule has 1 aliphatic carbocycles. The zero-order valence-electron chi connectivity index (χ0n) is 10.6. The number of hydrogen-bond acceptors (Lipinski definition) is 1. The van der Waals surface area contributed by atoms with Crippen LogP contribution in [0, 0.1) is 5.92 Å². The summed E-state index contributed by atoms with van der Waals surface area (Å²) in [5.41, 5.74) is 5.43. The lowest BCUT2D eigenvalue weighted by Gasteiger charge is -2.22. The Kier molecular flexibility index (Phi) is 2.92. The second-order valence-electron chi connectivity index (χ2n) is 5.00. The number of aliphatic hydroxyl groups is 1. The molecule has 2 aromatic carbocycles.